The number of benzene rings is 2. The molecule has 0 amide bonds. The molecule has 0 N–H and O–H groups in total. The van der Waals surface area contributed by atoms with Crippen LogP contribution in [-0.2, 0) is 0 Å². The van der Waals surface area contributed by atoms with Gasteiger partial charge in [0.1, 0.15) is 0 Å². The summed E-state index contributed by atoms with van der Waals surface area (Å²) in [7, 11) is 0. The first-order valence-corrected chi connectivity index (χ1v) is 8.11. The van der Waals surface area contributed by atoms with Crippen LogP contribution in [0.15, 0.2) is 59.7 Å². The molecular weight excluding hydrogens is 351 g/mol. The van der Waals surface area contributed by atoms with E-state index in [0.29, 0.717) is 15.7 Å². The fourth-order valence-electron chi connectivity index (χ4n) is 2.19. The maximum atomic E-state index is 6.22. The molecule has 3 aromatic rings. The van der Waals surface area contributed by atoms with E-state index in [1.54, 1.807) is 12.3 Å². The van der Waals surface area contributed by atoms with Crippen LogP contribution in [0.4, 0.5) is 5.69 Å². The first-order valence-electron chi connectivity index (χ1n) is 6.98. The Morgan fingerprint density at radius 1 is 0.957 bits per heavy atom. The topological polar surface area (TPSA) is 17.3 Å². The van der Waals surface area contributed by atoms with Crippen molar-refractivity contribution < 1.29 is 0 Å². The molecule has 5 heteroatoms. The van der Waals surface area contributed by atoms with Crippen molar-refractivity contribution in [2.24, 2.45) is 4.99 Å². The van der Waals surface area contributed by atoms with E-state index in [4.69, 9.17) is 34.8 Å². The van der Waals surface area contributed by atoms with Crippen LogP contribution in [-0.4, -0.2) is 10.8 Å². The Labute approximate surface area is 149 Å². The van der Waals surface area contributed by atoms with E-state index in [2.05, 4.69) is 4.99 Å². The fraction of sp³-hybridized carbons (Fsp3) is 0.0556. The SMILES string of the molecule is Cc1ccc(-n2cccc2C=Nc2cccc(Cl)c2Cl)cc1Cl. The molecule has 116 valence electrons. The summed E-state index contributed by atoms with van der Waals surface area (Å²) < 4.78 is 2.01. The third-order valence-corrected chi connectivity index (χ3v) is 4.70. The lowest BCUT2D eigenvalue weighted by molar-refractivity contribution is 1.06. The summed E-state index contributed by atoms with van der Waals surface area (Å²) in [6.07, 6.45) is 3.72. The van der Waals surface area contributed by atoms with Crippen molar-refractivity contribution in [2.75, 3.05) is 0 Å². The minimum Gasteiger partial charge on any atom is -0.316 e. The van der Waals surface area contributed by atoms with Gasteiger partial charge in [0.15, 0.2) is 0 Å². The van der Waals surface area contributed by atoms with Gasteiger partial charge in [0.05, 0.1) is 27.6 Å². The molecule has 3 rings (SSSR count). The Hall–Kier alpha value is -1.74. The smallest absolute Gasteiger partial charge is 0.0848 e. The summed E-state index contributed by atoms with van der Waals surface area (Å²) in [5.41, 5.74) is 3.57. The monoisotopic (exact) mass is 362 g/mol. The van der Waals surface area contributed by atoms with Crippen LogP contribution >= 0.6 is 34.8 Å². The first-order chi connectivity index (χ1) is 11.1. The average molecular weight is 364 g/mol. The molecule has 2 aromatic carbocycles. The van der Waals surface area contributed by atoms with Gasteiger partial charge >= 0.3 is 0 Å². The van der Waals surface area contributed by atoms with Crippen molar-refractivity contribution in [3.8, 4) is 5.69 Å². The lowest BCUT2D eigenvalue weighted by Gasteiger charge is -2.08. The Kier molecular flexibility index (Phi) is 4.76. The number of aliphatic imine (C=N–C) groups is 1. The molecule has 0 atom stereocenters. The Balaban J connectivity index is 1.96. The molecule has 0 unspecified atom stereocenters. The zero-order chi connectivity index (χ0) is 16.4. The predicted molar refractivity (Wildman–Crippen MR) is 99.2 cm³/mol. The van der Waals surface area contributed by atoms with Crippen molar-refractivity contribution >= 4 is 46.7 Å². The molecule has 0 radical (unpaired) electrons. The van der Waals surface area contributed by atoms with Crippen LogP contribution in [0.5, 0.6) is 0 Å². The summed E-state index contributed by atoms with van der Waals surface area (Å²) in [5.74, 6) is 0. The minimum atomic E-state index is 0.446. The molecule has 0 aliphatic carbocycles. The summed E-state index contributed by atoms with van der Waals surface area (Å²) >= 11 is 18.4. The number of nitrogens with zero attached hydrogens (tertiary/aromatic N) is 2. The lowest BCUT2D eigenvalue weighted by Crippen LogP contribution is -1.98. The lowest BCUT2D eigenvalue weighted by atomic mass is 10.2. The van der Waals surface area contributed by atoms with Gasteiger partial charge in [0, 0.05) is 16.9 Å². The van der Waals surface area contributed by atoms with E-state index >= 15 is 0 Å². The number of aryl methyl sites for hydroxylation is 1. The van der Waals surface area contributed by atoms with Crippen LogP contribution in [0.1, 0.15) is 11.3 Å². The van der Waals surface area contributed by atoms with E-state index in [9.17, 15) is 0 Å². The van der Waals surface area contributed by atoms with Gasteiger partial charge in [-0.2, -0.15) is 0 Å². The van der Waals surface area contributed by atoms with Crippen LogP contribution in [0.25, 0.3) is 5.69 Å². The molecule has 1 aromatic heterocycles. The summed E-state index contributed by atoms with van der Waals surface area (Å²) in [5, 5.41) is 1.67. The maximum Gasteiger partial charge on any atom is 0.0848 e. The van der Waals surface area contributed by atoms with E-state index in [1.807, 2.05) is 60.2 Å². The zero-order valence-corrected chi connectivity index (χ0v) is 14.6. The second-order valence-electron chi connectivity index (χ2n) is 5.07. The normalized spacial score (nSPS) is 11.3. The van der Waals surface area contributed by atoms with Crippen LogP contribution in [0, 0.1) is 6.92 Å². The second kappa shape index (κ2) is 6.79. The van der Waals surface area contributed by atoms with Gasteiger partial charge in [-0.3, -0.25) is 4.99 Å². The van der Waals surface area contributed by atoms with Crippen LogP contribution in [0.3, 0.4) is 0 Å². The molecule has 0 fully saturated rings. The standard InChI is InChI=1S/C18H13Cl3N2/c1-12-7-8-13(10-16(12)20)23-9-3-4-14(23)11-22-17-6-2-5-15(19)18(17)21/h2-11H,1H3. The Morgan fingerprint density at radius 3 is 2.57 bits per heavy atom. The van der Waals surface area contributed by atoms with Crippen molar-refractivity contribution in [1.29, 1.82) is 0 Å². The molecule has 23 heavy (non-hydrogen) atoms. The first kappa shape index (κ1) is 16.1. The number of hydrogen-bond acceptors (Lipinski definition) is 1. The van der Waals surface area contributed by atoms with E-state index < -0.39 is 0 Å². The van der Waals surface area contributed by atoms with Gasteiger partial charge in [-0.25, -0.2) is 0 Å². The highest BCUT2D eigenvalue weighted by Gasteiger charge is 2.05. The third kappa shape index (κ3) is 3.45. The van der Waals surface area contributed by atoms with Crippen LogP contribution in [0.2, 0.25) is 15.1 Å². The number of rotatable bonds is 3. The molecule has 0 bridgehead atoms. The van der Waals surface area contributed by atoms with Gasteiger partial charge in [-0.05, 0) is 48.9 Å². The molecule has 0 saturated heterocycles. The van der Waals surface area contributed by atoms with E-state index in [0.717, 1.165) is 22.0 Å². The fourth-order valence-corrected chi connectivity index (χ4v) is 2.71. The average Bonchev–Trinajstić information content (AvgIpc) is 3.00. The van der Waals surface area contributed by atoms with Crippen molar-refractivity contribution in [2.45, 2.75) is 6.92 Å². The molecule has 0 saturated carbocycles. The van der Waals surface area contributed by atoms with Crippen molar-refractivity contribution in [3.63, 3.8) is 0 Å². The maximum absolute atomic E-state index is 6.22. The molecule has 0 aliphatic rings. The molecule has 2 nitrogen and oxygen atoms in total. The zero-order valence-electron chi connectivity index (χ0n) is 12.3. The molecular formula is C18H13Cl3N2. The van der Waals surface area contributed by atoms with Gasteiger partial charge in [0.25, 0.3) is 0 Å². The van der Waals surface area contributed by atoms with E-state index in [1.165, 1.54) is 0 Å². The van der Waals surface area contributed by atoms with E-state index in [-0.39, 0.29) is 0 Å². The number of aromatic nitrogens is 1. The van der Waals surface area contributed by atoms with Crippen LogP contribution < -0.4 is 0 Å². The molecule has 0 aliphatic heterocycles. The summed E-state index contributed by atoms with van der Waals surface area (Å²) in [6.45, 7) is 1.98. The van der Waals surface area contributed by atoms with Gasteiger partial charge in [-0.15, -0.1) is 0 Å². The summed E-state index contributed by atoms with van der Waals surface area (Å²) in [4.78, 5) is 4.44. The van der Waals surface area contributed by atoms with Crippen molar-refractivity contribution in [1.82, 2.24) is 4.57 Å². The minimum absolute atomic E-state index is 0.446. The highest BCUT2D eigenvalue weighted by atomic mass is 35.5. The quantitative estimate of drug-likeness (QED) is 0.473. The third-order valence-electron chi connectivity index (χ3n) is 3.48. The molecule has 1 heterocycles. The summed E-state index contributed by atoms with van der Waals surface area (Å²) in [6, 6.07) is 15.2. The Morgan fingerprint density at radius 2 is 1.78 bits per heavy atom. The Bertz CT molecular complexity index is 882. The predicted octanol–water partition coefficient (Wildman–Crippen LogP) is 6.50. The van der Waals surface area contributed by atoms with Gasteiger partial charge in [-0.1, -0.05) is 46.9 Å². The van der Waals surface area contributed by atoms with Crippen molar-refractivity contribution in [3.05, 3.63) is 81.1 Å². The second-order valence-corrected chi connectivity index (χ2v) is 6.26. The van der Waals surface area contributed by atoms with Gasteiger partial charge in [0.2, 0.25) is 0 Å². The largest absolute Gasteiger partial charge is 0.316 e. The van der Waals surface area contributed by atoms with Gasteiger partial charge < -0.3 is 4.57 Å². The number of hydrogen-bond donors (Lipinski definition) is 0. The highest BCUT2D eigenvalue weighted by molar-refractivity contribution is 6.43. The number of halogens is 3. The highest BCUT2D eigenvalue weighted by Crippen LogP contribution is 2.31. The molecule has 0 spiro atoms.